The second kappa shape index (κ2) is 11.5. The van der Waals surface area contributed by atoms with E-state index in [0.717, 1.165) is 24.0 Å². The van der Waals surface area contributed by atoms with Gasteiger partial charge in [-0.1, -0.05) is 67.6 Å². The molecule has 35 heavy (non-hydrogen) atoms. The Labute approximate surface area is 204 Å². The number of amides is 2. The van der Waals surface area contributed by atoms with Crippen LogP contribution in [0.4, 0.5) is 0 Å². The molecule has 4 rings (SSSR count). The van der Waals surface area contributed by atoms with Crippen LogP contribution in [0.15, 0.2) is 67.0 Å². The van der Waals surface area contributed by atoms with Crippen LogP contribution in [0.5, 0.6) is 0 Å². The molecule has 2 heterocycles. The Bertz CT molecular complexity index is 1140. The maximum atomic E-state index is 13.2. The zero-order valence-electron chi connectivity index (χ0n) is 19.8. The van der Waals surface area contributed by atoms with Gasteiger partial charge in [0.15, 0.2) is 5.69 Å². The van der Waals surface area contributed by atoms with E-state index in [9.17, 15) is 14.4 Å². The third kappa shape index (κ3) is 6.35. The lowest BCUT2D eigenvalue weighted by Gasteiger charge is -2.30. The molecule has 2 amide bonds. The van der Waals surface area contributed by atoms with Crippen LogP contribution in [-0.4, -0.2) is 51.8 Å². The Balaban J connectivity index is 1.47. The van der Waals surface area contributed by atoms with Gasteiger partial charge in [0.2, 0.25) is 0 Å². The van der Waals surface area contributed by atoms with Crippen molar-refractivity contribution in [2.45, 2.75) is 38.8 Å². The number of hydrogen-bond donors (Lipinski definition) is 2. The van der Waals surface area contributed by atoms with Gasteiger partial charge < -0.3 is 19.9 Å². The molecule has 0 radical (unpaired) electrons. The van der Waals surface area contributed by atoms with Gasteiger partial charge in [-0.25, -0.2) is 9.78 Å². The smallest absolute Gasteiger partial charge is 0.329 e. The van der Waals surface area contributed by atoms with Gasteiger partial charge in [-0.3, -0.25) is 9.59 Å². The van der Waals surface area contributed by atoms with Crippen LogP contribution in [0.2, 0.25) is 0 Å². The highest BCUT2D eigenvalue weighted by Gasteiger charge is 2.30. The van der Waals surface area contributed by atoms with Gasteiger partial charge in [-0.2, -0.15) is 0 Å². The van der Waals surface area contributed by atoms with Crippen LogP contribution in [0.25, 0.3) is 0 Å². The van der Waals surface area contributed by atoms with Crippen LogP contribution >= 0.6 is 0 Å². The van der Waals surface area contributed by atoms with Gasteiger partial charge in [0.25, 0.3) is 11.8 Å². The molecule has 3 aromatic rings. The highest BCUT2D eigenvalue weighted by Crippen LogP contribution is 2.19. The molecule has 8 nitrogen and oxygen atoms in total. The normalized spacial score (nSPS) is 14.8. The van der Waals surface area contributed by atoms with Crippen molar-refractivity contribution >= 4 is 17.8 Å². The Morgan fingerprint density at radius 3 is 2.31 bits per heavy atom. The molecule has 0 bridgehead atoms. The van der Waals surface area contributed by atoms with E-state index in [1.54, 1.807) is 4.90 Å². The van der Waals surface area contributed by atoms with Crippen molar-refractivity contribution in [3.8, 4) is 0 Å². The molecule has 0 saturated carbocycles. The SMILES string of the molecule is CC1CCN(C(=O)c2[nH]cnc2C(=O)N[C@@H](Cc2ccccc2)C(=O)OCc2ccccc2)CC1. The molecule has 1 fully saturated rings. The van der Waals surface area contributed by atoms with Crippen molar-refractivity contribution in [3.05, 3.63) is 89.5 Å². The fraction of sp³-hybridized carbons (Fsp3) is 0.333. The zero-order valence-corrected chi connectivity index (χ0v) is 19.8. The average Bonchev–Trinajstić information content (AvgIpc) is 3.38. The van der Waals surface area contributed by atoms with Crippen molar-refractivity contribution in [2.24, 2.45) is 5.92 Å². The number of ether oxygens (including phenoxy) is 1. The lowest BCUT2D eigenvalue weighted by Crippen LogP contribution is -2.44. The van der Waals surface area contributed by atoms with Crippen molar-refractivity contribution in [1.82, 2.24) is 20.2 Å². The lowest BCUT2D eigenvalue weighted by molar-refractivity contribution is -0.147. The highest BCUT2D eigenvalue weighted by atomic mass is 16.5. The number of piperidine rings is 1. The molecule has 0 aliphatic carbocycles. The van der Waals surface area contributed by atoms with Crippen molar-refractivity contribution in [3.63, 3.8) is 0 Å². The number of likely N-dealkylation sites (tertiary alicyclic amines) is 1. The quantitative estimate of drug-likeness (QED) is 0.487. The molecule has 1 atom stereocenters. The fourth-order valence-corrected chi connectivity index (χ4v) is 4.10. The maximum Gasteiger partial charge on any atom is 0.329 e. The summed E-state index contributed by atoms with van der Waals surface area (Å²) in [5.41, 5.74) is 1.83. The van der Waals surface area contributed by atoms with Gasteiger partial charge in [0.05, 0.1) is 6.33 Å². The molecule has 2 aromatic carbocycles. The predicted molar refractivity (Wildman–Crippen MR) is 131 cm³/mol. The van der Waals surface area contributed by atoms with Crippen molar-refractivity contribution < 1.29 is 19.1 Å². The third-order valence-electron chi connectivity index (χ3n) is 6.24. The minimum Gasteiger partial charge on any atom is -0.459 e. The number of esters is 1. The number of H-pyrrole nitrogens is 1. The van der Waals surface area contributed by atoms with Crippen molar-refractivity contribution in [2.75, 3.05) is 13.1 Å². The largest absolute Gasteiger partial charge is 0.459 e. The number of imidazole rings is 1. The summed E-state index contributed by atoms with van der Waals surface area (Å²) in [6.07, 6.45) is 3.42. The van der Waals surface area contributed by atoms with E-state index in [1.165, 1.54) is 6.33 Å². The summed E-state index contributed by atoms with van der Waals surface area (Å²) in [6.45, 7) is 3.55. The molecular weight excluding hydrogens is 444 g/mol. The van der Waals surface area contributed by atoms with E-state index in [1.807, 2.05) is 60.7 Å². The second-order valence-corrected chi connectivity index (χ2v) is 8.91. The van der Waals surface area contributed by atoms with E-state index in [2.05, 4.69) is 22.2 Å². The monoisotopic (exact) mass is 474 g/mol. The molecule has 2 N–H and O–H groups in total. The van der Waals surface area contributed by atoms with Gasteiger partial charge >= 0.3 is 5.97 Å². The summed E-state index contributed by atoms with van der Waals surface area (Å²) in [5.74, 6) is -0.841. The summed E-state index contributed by atoms with van der Waals surface area (Å²) >= 11 is 0. The average molecular weight is 475 g/mol. The number of carbonyl (C=O) groups excluding carboxylic acids is 3. The van der Waals surface area contributed by atoms with Crippen LogP contribution in [0.1, 0.15) is 51.9 Å². The third-order valence-corrected chi connectivity index (χ3v) is 6.24. The molecule has 0 spiro atoms. The van der Waals surface area contributed by atoms with Crippen LogP contribution in [-0.2, 0) is 22.6 Å². The van der Waals surface area contributed by atoms with Gasteiger partial charge in [-0.05, 0) is 29.9 Å². The summed E-state index contributed by atoms with van der Waals surface area (Å²) < 4.78 is 5.51. The lowest BCUT2D eigenvalue weighted by atomic mass is 9.99. The second-order valence-electron chi connectivity index (χ2n) is 8.91. The van der Waals surface area contributed by atoms with Gasteiger partial charge in [0.1, 0.15) is 18.3 Å². The van der Waals surface area contributed by atoms with Crippen LogP contribution < -0.4 is 5.32 Å². The predicted octanol–water partition coefficient (Wildman–Crippen LogP) is 3.37. The number of nitrogens with zero attached hydrogens (tertiary/aromatic N) is 2. The van der Waals surface area contributed by atoms with E-state index >= 15 is 0 Å². The summed E-state index contributed by atoms with van der Waals surface area (Å²) in [5, 5.41) is 2.74. The standard InChI is InChI=1S/C27H30N4O4/c1-19-12-14-31(15-13-19)26(33)24-23(28-18-29-24)25(32)30-22(16-20-8-4-2-5-9-20)27(34)35-17-21-10-6-3-7-11-21/h2-11,18-19,22H,12-17H2,1H3,(H,28,29)(H,30,32)/t22-/m0/s1. The highest BCUT2D eigenvalue weighted by molar-refractivity contribution is 6.05. The van der Waals surface area contributed by atoms with Crippen LogP contribution in [0, 0.1) is 5.92 Å². The van der Waals surface area contributed by atoms with Gasteiger partial charge in [0, 0.05) is 19.5 Å². The van der Waals surface area contributed by atoms with Crippen molar-refractivity contribution in [1.29, 1.82) is 0 Å². The Morgan fingerprint density at radius 2 is 1.66 bits per heavy atom. The number of aromatic nitrogens is 2. The number of rotatable bonds is 8. The maximum absolute atomic E-state index is 13.2. The molecule has 8 heteroatoms. The molecule has 1 aliphatic heterocycles. The minimum absolute atomic E-state index is 0.0254. The first-order chi connectivity index (χ1) is 17.0. The molecule has 0 unspecified atom stereocenters. The first kappa shape index (κ1) is 24.2. The fourth-order valence-electron chi connectivity index (χ4n) is 4.10. The number of aromatic amines is 1. The summed E-state index contributed by atoms with van der Waals surface area (Å²) in [4.78, 5) is 47.8. The zero-order chi connectivity index (χ0) is 24.6. The van der Waals surface area contributed by atoms with E-state index < -0.39 is 17.9 Å². The molecule has 182 valence electrons. The molecular formula is C27H30N4O4. The molecule has 1 saturated heterocycles. The van der Waals surface area contributed by atoms with E-state index in [0.29, 0.717) is 19.0 Å². The molecule has 1 aromatic heterocycles. The Morgan fingerprint density at radius 1 is 1.03 bits per heavy atom. The summed E-state index contributed by atoms with van der Waals surface area (Å²) in [6, 6.07) is 17.8. The number of hydrogen-bond acceptors (Lipinski definition) is 5. The van der Waals surface area contributed by atoms with Gasteiger partial charge in [-0.15, -0.1) is 0 Å². The number of carbonyl (C=O) groups is 3. The van der Waals surface area contributed by atoms with E-state index in [4.69, 9.17) is 4.74 Å². The first-order valence-corrected chi connectivity index (χ1v) is 11.9. The Hall–Kier alpha value is -3.94. The summed E-state index contributed by atoms with van der Waals surface area (Å²) in [7, 11) is 0. The van der Waals surface area contributed by atoms with E-state index in [-0.39, 0.29) is 30.3 Å². The first-order valence-electron chi connectivity index (χ1n) is 11.9. The number of benzene rings is 2. The Kier molecular flexibility index (Phi) is 7.92. The number of nitrogens with one attached hydrogen (secondary N) is 2. The minimum atomic E-state index is -0.941. The van der Waals surface area contributed by atoms with Crippen LogP contribution in [0.3, 0.4) is 0 Å². The topological polar surface area (TPSA) is 104 Å². The molecule has 1 aliphatic rings.